The second-order valence-corrected chi connectivity index (χ2v) is 4.11. The van der Waals surface area contributed by atoms with Crippen molar-refractivity contribution >= 4 is 5.57 Å². The average molecular weight is 204 g/mol. The molecule has 82 valence electrons. The molecule has 0 unspecified atom stereocenters. The number of aryl methyl sites for hydroxylation is 1. The molecule has 2 heteroatoms. The summed E-state index contributed by atoms with van der Waals surface area (Å²) in [5, 5.41) is 7.25. The van der Waals surface area contributed by atoms with Crippen LogP contribution in [0.4, 0.5) is 0 Å². The van der Waals surface area contributed by atoms with E-state index in [0.29, 0.717) is 5.92 Å². The van der Waals surface area contributed by atoms with Crippen molar-refractivity contribution in [3.8, 4) is 0 Å². The molecular formula is C13H20N2. The normalized spacial score (nSPS) is 13.0. The summed E-state index contributed by atoms with van der Waals surface area (Å²) in [6.07, 6.45) is 7.61. The first-order valence-electron chi connectivity index (χ1n) is 5.54. The van der Waals surface area contributed by atoms with E-state index < -0.39 is 0 Å². The van der Waals surface area contributed by atoms with Gasteiger partial charge in [-0.15, -0.1) is 0 Å². The van der Waals surface area contributed by atoms with E-state index in [4.69, 9.17) is 0 Å². The molecule has 1 heterocycles. The molecule has 0 atom stereocenters. The summed E-state index contributed by atoms with van der Waals surface area (Å²) in [5.41, 5.74) is 3.34. The van der Waals surface area contributed by atoms with E-state index in [9.17, 15) is 0 Å². The van der Waals surface area contributed by atoms with Gasteiger partial charge in [0.15, 0.2) is 0 Å². The van der Waals surface area contributed by atoms with Crippen LogP contribution >= 0.6 is 0 Å². The standard InChI is InChI=1S/C13H20N2/c1-5-6-7-12(8-10(2)3)13-9-11(4)14-15-13/h6-10H,5H2,1-4H3,(H,14,15)/b7-6-,12-8+. The maximum absolute atomic E-state index is 4.28. The van der Waals surface area contributed by atoms with Gasteiger partial charge in [0.2, 0.25) is 0 Å². The molecule has 1 aromatic rings. The molecule has 0 spiro atoms. The molecule has 1 aromatic heterocycles. The van der Waals surface area contributed by atoms with Crippen molar-refractivity contribution in [2.45, 2.75) is 34.1 Å². The minimum Gasteiger partial charge on any atom is -0.282 e. The summed E-state index contributed by atoms with van der Waals surface area (Å²) in [7, 11) is 0. The van der Waals surface area contributed by atoms with Crippen LogP contribution in [0, 0.1) is 12.8 Å². The fourth-order valence-electron chi connectivity index (χ4n) is 1.40. The Hall–Kier alpha value is -1.31. The number of aromatic amines is 1. The van der Waals surface area contributed by atoms with Crippen LogP contribution in [0.2, 0.25) is 0 Å². The van der Waals surface area contributed by atoms with Gasteiger partial charge in [-0.25, -0.2) is 0 Å². The second-order valence-electron chi connectivity index (χ2n) is 4.11. The van der Waals surface area contributed by atoms with E-state index in [0.717, 1.165) is 17.8 Å². The van der Waals surface area contributed by atoms with Crippen molar-refractivity contribution in [1.82, 2.24) is 10.2 Å². The third-order valence-electron chi connectivity index (χ3n) is 2.05. The zero-order valence-electron chi connectivity index (χ0n) is 10.0. The third kappa shape index (κ3) is 3.74. The molecule has 1 N–H and O–H groups in total. The second kappa shape index (κ2) is 5.54. The van der Waals surface area contributed by atoms with Crippen molar-refractivity contribution < 1.29 is 0 Å². The number of hydrogen-bond donors (Lipinski definition) is 1. The van der Waals surface area contributed by atoms with E-state index >= 15 is 0 Å². The molecule has 0 amide bonds. The molecule has 0 radical (unpaired) electrons. The number of rotatable bonds is 4. The zero-order valence-corrected chi connectivity index (χ0v) is 10.0. The molecule has 0 fully saturated rings. The van der Waals surface area contributed by atoms with Crippen LogP contribution in [0.25, 0.3) is 5.57 Å². The topological polar surface area (TPSA) is 28.7 Å². The summed E-state index contributed by atoms with van der Waals surface area (Å²) in [6.45, 7) is 8.52. The Kier molecular flexibility index (Phi) is 4.35. The third-order valence-corrected chi connectivity index (χ3v) is 2.05. The predicted octanol–water partition coefficient (Wildman–Crippen LogP) is 3.72. The molecule has 2 nitrogen and oxygen atoms in total. The Morgan fingerprint density at radius 2 is 2.27 bits per heavy atom. The van der Waals surface area contributed by atoms with Gasteiger partial charge in [-0.1, -0.05) is 39.0 Å². The lowest BCUT2D eigenvalue weighted by molar-refractivity contribution is 0.833. The molecule has 15 heavy (non-hydrogen) atoms. The fourth-order valence-corrected chi connectivity index (χ4v) is 1.40. The lowest BCUT2D eigenvalue weighted by atomic mass is 10.1. The highest BCUT2D eigenvalue weighted by Crippen LogP contribution is 2.17. The van der Waals surface area contributed by atoms with Gasteiger partial charge in [-0.3, -0.25) is 5.10 Å². The summed E-state index contributed by atoms with van der Waals surface area (Å²) < 4.78 is 0. The number of aromatic nitrogens is 2. The van der Waals surface area contributed by atoms with Gasteiger partial charge in [0.05, 0.1) is 5.69 Å². The van der Waals surface area contributed by atoms with Gasteiger partial charge in [-0.2, -0.15) is 5.10 Å². The molecule has 0 saturated heterocycles. The summed E-state index contributed by atoms with van der Waals surface area (Å²) in [6, 6.07) is 2.08. The SMILES string of the molecule is CC/C=C\C(=C/C(C)C)c1cc(C)[nH]n1. The van der Waals surface area contributed by atoms with Crippen LogP contribution < -0.4 is 0 Å². The molecule has 0 aliphatic rings. The maximum atomic E-state index is 4.28. The molecule has 0 aliphatic carbocycles. The Morgan fingerprint density at radius 1 is 1.53 bits per heavy atom. The number of hydrogen-bond acceptors (Lipinski definition) is 1. The first-order chi connectivity index (χ1) is 7.13. The lowest BCUT2D eigenvalue weighted by Crippen LogP contribution is -1.86. The number of nitrogens with zero attached hydrogens (tertiary/aromatic N) is 1. The van der Waals surface area contributed by atoms with E-state index in [2.05, 4.69) is 55.3 Å². The largest absolute Gasteiger partial charge is 0.282 e. The van der Waals surface area contributed by atoms with Crippen LogP contribution in [-0.2, 0) is 0 Å². The maximum Gasteiger partial charge on any atom is 0.0920 e. The van der Waals surface area contributed by atoms with Crippen LogP contribution in [0.15, 0.2) is 24.3 Å². The van der Waals surface area contributed by atoms with Crippen molar-refractivity contribution in [2.75, 3.05) is 0 Å². The predicted molar refractivity (Wildman–Crippen MR) is 65.6 cm³/mol. The van der Waals surface area contributed by atoms with Gasteiger partial charge in [-0.05, 0) is 30.9 Å². The molecular weight excluding hydrogens is 184 g/mol. The lowest BCUT2D eigenvalue weighted by Gasteiger charge is -2.00. The number of H-pyrrole nitrogens is 1. The van der Waals surface area contributed by atoms with Gasteiger partial charge in [0.25, 0.3) is 0 Å². The average Bonchev–Trinajstić information content (AvgIpc) is 2.58. The van der Waals surface area contributed by atoms with Crippen LogP contribution in [-0.4, -0.2) is 10.2 Å². The van der Waals surface area contributed by atoms with Crippen LogP contribution in [0.5, 0.6) is 0 Å². The first kappa shape index (κ1) is 11.8. The van der Waals surface area contributed by atoms with E-state index in [-0.39, 0.29) is 0 Å². The minimum absolute atomic E-state index is 0.540. The number of allylic oxidation sites excluding steroid dienone is 4. The van der Waals surface area contributed by atoms with Crippen molar-refractivity contribution in [3.05, 3.63) is 35.7 Å². The Balaban J connectivity index is 2.96. The molecule has 0 aliphatic heterocycles. The zero-order chi connectivity index (χ0) is 11.3. The van der Waals surface area contributed by atoms with E-state index in [1.165, 1.54) is 5.57 Å². The highest BCUT2D eigenvalue weighted by molar-refractivity contribution is 5.71. The first-order valence-corrected chi connectivity index (χ1v) is 5.54. The monoisotopic (exact) mass is 204 g/mol. The van der Waals surface area contributed by atoms with Gasteiger partial charge in [0, 0.05) is 5.69 Å². The van der Waals surface area contributed by atoms with Gasteiger partial charge >= 0.3 is 0 Å². The quantitative estimate of drug-likeness (QED) is 0.744. The van der Waals surface area contributed by atoms with Crippen molar-refractivity contribution in [3.63, 3.8) is 0 Å². The van der Waals surface area contributed by atoms with E-state index in [1.54, 1.807) is 0 Å². The summed E-state index contributed by atoms with van der Waals surface area (Å²) >= 11 is 0. The number of nitrogens with one attached hydrogen (secondary N) is 1. The smallest absolute Gasteiger partial charge is 0.0920 e. The summed E-state index contributed by atoms with van der Waals surface area (Å²) in [4.78, 5) is 0. The molecule has 1 rings (SSSR count). The van der Waals surface area contributed by atoms with E-state index in [1.807, 2.05) is 6.92 Å². The highest BCUT2D eigenvalue weighted by Gasteiger charge is 2.02. The van der Waals surface area contributed by atoms with Crippen LogP contribution in [0.3, 0.4) is 0 Å². The Labute approximate surface area is 92.1 Å². The Morgan fingerprint density at radius 3 is 2.73 bits per heavy atom. The summed E-state index contributed by atoms with van der Waals surface area (Å²) in [5.74, 6) is 0.540. The van der Waals surface area contributed by atoms with Gasteiger partial charge < -0.3 is 0 Å². The van der Waals surface area contributed by atoms with Crippen molar-refractivity contribution in [1.29, 1.82) is 0 Å². The molecule has 0 bridgehead atoms. The van der Waals surface area contributed by atoms with Crippen LogP contribution in [0.1, 0.15) is 38.6 Å². The minimum atomic E-state index is 0.540. The molecule has 0 saturated carbocycles. The van der Waals surface area contributed by atoms with Crippen molar-refractivity contribution in [2.24, 2.45) is 5.92 Å². The fraction of sp³-hybridized carbons (Fsp3) is 0.462. The highest BCUT2D eigenvalue weighted by atomic mass is 15.1. The van der Waals surface area contributed by atoms with Gasteiger partial charge in [0.1, 0.15) is 0 Å². The molecule has 0 aromatic carbocycles. The Bertz CT molecular complexity index is 356.